The minimum atomic E-state index is 0.521. The molecule has 0 aliphatic carbocycles. The fourth-order valence-corrected chi connectivity index (χ4v) is 1.86. The predicted octanol–water partition coefficient (Wildman–Crippen LogP) is 3.01. The molecule has 0 aliphatic rings. The minimum Gasteiger partial charge on any atom is -0.492 e. The van der Waals surface area contributed by atoms with Crippen molar-refractivity contribution in [3.8, 4) is 17.6 Å². The van der Waals surface area contributed by atoms with Gasteiger partial charge in [0.15, 0.2) is 0 Å². The third-order valence-electron chi connectivity index (χ3n) is 2.83. The number of hydrogen-bond acceptors (Lipinski definition) is 2. The Morgan fingerprint density at radius 2 is 1.85 bits per heavy atom. The van der Waals surface area contributed by atoms with Gasteiger partial charge < -0.3 is 10.5 Å². The summed E-state index contributed by atoms with van der Waals surface area (Å²) in [5.74, 6) is 7.20. The molecule has 102 valence electrons. The summed E-state index contributed by atoms with van der Waals surface area (Å²) in [6.45, 7) is 1.05. The smallest absolute Gasteiger partial charge is 0.120 e. The fourth-order valence-electron chi connectivity index (χ4n) is 1.86. The van der Waals surface area contributed by atoms with E-state index in [1.807, 2.05) is 30.3 Å². The molecule has 0 unspecified atom stereocenters. The molecule has 0 atom stereocenters. The molecular formula is C18H19NO. The first-order valence-corrected chi connectivity index (χ1v) is 6.84. The van der Waals surface area contributed by atoms with Gasteiger partial charge in [-0.3, -0.25) is 0 Å². The first-order valence-electron chi connectivity index (χ1n) is 6.84. The highest BCUT2D eigenvalue weighted by molar-refractivity contribution is 5.39. The predicted molar refractivity (Wildman–Crippen MR) is 82.6 cm³/mol. The number of rotatable bonds is 5. The average Bonchev–Trinajstić information content (AvgIpc) is 2.51. The van der Waals surface area contributed by atoms with Gasteiger partial charge in [0.1, 0.15) is 12.4 Å². The van der Waals surface area contributed by atoms with Crippen molar-refractivity contribution in [1.29, 1.82) is 0 Å². The SMILES string of the molecule is NCCOc1cccc(C#CCCc2ccccc2)c1. The monoisotopic (exact) mass is 265 g/mol. The van der Waals surface area contributed by atoms with Crippen molar-refractivity contribution in [3.63, 3.8) is 0 Å². The Bertz CT molecular complexity index is 581. The topological polar surface area (TPSA) is 35.2 Å². The van der Waals surface area contributed by atoms with Crippen LogP contribution in [0, 0.1) is 11.8 Å². The van der Waals surface area contributed by atoms with Gasteiger partial charge in [0.2, 0.25) is 0 Å². The zero-order valence-corrected chi connectivity index (χ0v) is 11.5. The van der Waals surface area contributed by atoms with Crippen molar-refractivity contribution < 1.29 is 4.74 Å². The van der Waals surface area contributed by atoms with Gasteiger partial charge in [-0.25, -0.2) is 0 Å². The van der Waals surface area contributed by atoms with E-state index in [0.29, 0.717) is 13.2 Å². The Morgan fingerprint density at radius 1 is 1.00 bits per heavy atom. The third kappa shape index (κ3) is 4.79. The van der Waals surface area contributed by atoms with Gasteiger partial charge >= 0.3 is 0 Å². The molecule has 0 spiro atoms. The van der Waals surface area contributed by atoms with Gasteiger partial charge in [0, 0.05) is 18.5 Å². The maximum Gasteiger partial charge on any atom is 0.120 e. The molecule has 2 aromatic rings. The lowest BCUT2D eigenvalue weighted by molar-refractivity contribution is 0.328. The van der Waals surface area contributed by atoms with Crippen LogP contribution in [0.5, 0.6) is 5.75 Å². The molecule has 2 N–H and O–H groups in total. The average molecular weight is 265 g/mol. The van der Waals surface area contributed by atoms with Gasteiger partial charge in [-0.1, -0.05) is 48.2 Å². The van der Waals surface area contributed by atoms with E-state index in [1.54, 1.807) is 0 Å². The highest BCUT2D eigenvalue weighted by Gasteiger charge is 1.94. The Morgan fingerprint density at radius 3 is 2.65 bits per heavy atom. The van der Waals surface area contributed by atoms with E-state index in [1.165, 1.54) is 5.56 Å². The highest BCUT2D eigenvalue weighted by atomic mass is 16.5. The number of hydrogen-bond donors (Lipinski definition) is 1. The Balaban J connectivity index is 1.88. The summed E-state index contributed by atoms with van der Waals surface area (Å²) >= 11 is 0. The minimum absolute atomic E-state index is 0.521. The standard InChI is InChI=1S/C18H19NO/c19-13-14-20-18-12-6-11-17(15-18)10-5-4-9-16-7-2-1-3-8-16/h1-3,6-8,11-12,15H,4,9,13-14,19H2. The fraction of sp³-hybridized carbons (Fsp3) is 0.222. The third-order valence-corrected chi connectivity index (χ3v) is 2.83. The zero-order valence-electron chi connectivity index (χ0n) is 11.5. The second kappa shape index (κ2) is 8.04. The molecule has 0 radical (unpaired) electrons. The molecule has 0 bridgehead atoms. The molecule has 0 fully saturated rings. The van der Waals surface area contributed by atoms with Crippen molar-refractivity contribution in [2.75, 3.05) is 13.2 Å². The van der Waals surface area contributed by atoms with E-state index in [-0.39, 0.29) is 0 Å². The quantitative estimate of drug-likeness (QED) is 0.843. The van der Waals surface area contributed by atoms with Crippen molar-refractivity contribution in [2.24, 2.45) is 5.73 Å². The van der Waals surface area contributed by atoms with Crippen LogP contribution < -0.4 is 10.5 Å². The van der Waals surface area contributed by atoms with Crippen LogP contribution in [0.25, 0.3) is 0 Å². The van der Waals surface area contributed by atoms with E-state index in [0.717, 1.165) is 24.2 Å². The van der Waals surface area contributed by atoms with Gasteiger partial charge in [0.05, 0.1) is 0 Å². The summed E-state index contributed by atoms with van der Waals surface area (Å²) < 4.78 is 5.48. The number of ether oxygens (including phenoxy) is 1. The van der Waals surface area contributed by atoms with Crippen LogP contribution in [0.1, 0.15) is 17.5 Å². The van der Waals surface area contributed by atoms with Gasteiger partial charge in [-0.05, 0) is 30.2 Å². The molecule has 2 rings (SSSR count). The molecule has 20 heavy (non-hydrogen) atoms. The Hall–Kier alpha value is -2.24. The van der Waals surface area contributed by atoms with Crippen LogP contribution in [0.3, 0.4) is 0 Å². The first-order chi connectivity index (χ1) is 9.88. The van der Waals surface area contributed by atoms with Crippen molar-refractivity contribution in [2.45, 2.75) is 12.8 Å². The first kappa shape index (κ1) is 14.2. The summed E-state index contributed by atoms with van der Waals surface area (Å²) in [6, 6.07) is 18.2. The molecule has 2 heteroatoms. The second-order valence-electron chi connectivity index (χ2n) is 4.45. The molecule has 0 amide bonds. The van der Waals surface area contributed by atoms with Gasteiger partial charge in [0.25, 0.3) is 0 Å². The number of benzene rings is 2. The normalized spacial score (nSPS) is 9.65. The van der Waals surface area contributed by atoms with E-state index in [9.17, 15) is 0 Å². The van der Waals surface area contributed by atoms with Crippen LogP contribution >= 0.6 is 0 Å². The summed E-state index contributed by atoms with van der Waals surface area (Å²) in [4.78, 5) is 0. The maximum absolute atomic E-state index is 5.48. The number of nitrogens with two attached hydrogens (primary N) is 1. The molecule has 0 heterocycles. The molecule has 2 aromatic carbocycles. The number of aryl methyl sites for hydroxylation is 1. The van der Waals surface area contributed by atoms with E-state index < -0.39 is 0 Å². The molecule has 0 aliphatic heterocycles. The van der Waals surface area contributed by atoms with Crippen molar-refractivity contribution >= 4 is 0 Å². The van der Waals surface area contributed by atoms with Crippen LogP contribution in [-0.2, 0) is 6.42 Å². The lowest BCUT2D eigenvalue weighted by Gasteiger charge is -2.03. The Kier molecular flexibility index (Phi) is 5.70. The highest BCUT2D eigenvalue weighted by Crippen LogP contribution is 2.12. The van der Waals surface area contributed by atoms with Gasteiger partial charge in [-0.15, -0.1) is 0 Å². The molecular weight excluding hydrogens is 246 g/mol. The van der Waals surface area contributed by atoms with Crippen molar-refractivity contribution in [1.82, 2.24) is 0 Å². The largest absolute Gasteiger partial charge is 0.492 e. The maximum atomic E-state index is 5.48. The summed E-state index contributed by atoms with van der Waals surface area (Å²) in [5.41, 5.74) is 7.72. The van der Waals surface area contributed by atoms with Crippen molar-refractivity contribution in [3.05, 3.63) is 65.7 Å². The lowest BCUT2D eigenvalue weighted by Crippen LogP contribution is -2.10. The summed E-state index contributed by atoms with van der Waals surface area (Å²) in [7, 11) is 0. The zero-order chi connectivity index (χ0) is 14.0. The van der Waals surface area contributed by atoms with E-state index >= 15 is 0 Å². The second-order valence-corrected chi connectivity index (χ2v) is 4.45. The van der Waals surface area contributed by atoms with E-state index in [2.05, 4.69) is 36.1 Å². The molecule has 2 nitrogen and oxygen atoms in total. The molecule has 0 saturated carbocycles. The van der Waals surface area contributed by atoms with Crippen LogP contribution in [0.4, 0.5) is 0 Å². The summed E-state index contributed by atoms with van der Waals surface area (Å²) in [5, 5.41) is 0. The van der Waals surface area contributed by atoms with Gasteiger partial charge in [-0.2, -0.15) is 0 Å². The molecule has 0 saturated heterocycles. The van der Waals surface area contributed by atoms with Crippen LogP contribution in [0.2, 0.25) is 0 Å². The van der Waals surface area contributed by atoms with E-state index in [4.69, 9.17) is 10.5 Å². The van der Waals surface area contributed by atoms with Crippen LogP contribution in [-0.4, -0.2) is 13.2 Å². The summed E-state index contributed by atoms with van der Waals surface area (Å²) in [6.07, 6.45) is 1.84. The lowest BCUT2D eigenvalue weighted by atomic mass is 10.1. The Labute approximate surface area is 120 Å². The molecule has 0 aromatic heterocycles. The van der Waals surface area contributed by atoms with Crippen LogP contribution in [0.15, 0.2) is 54.6 Å².